The molecule has 5 nitrogen and oxygen atoms in total. The van der Waals surface area contributed by atoms with Crippen molar-refractivity contribution in [2.45, 2.75) is 57.6 Å². The van der Waals surface area contributed by atoms with Gasteiger partial charge in [-0.15, -0.1) is 0 Å². The number of ether oxygens (including phenoxy) is 1. The van der Waals surface area contributed by atoms with E-state index >= 15 is 0 Å². The molecule has 0 radical (unpaired) electrons. The maximum Gasteiger partial charge on any atom is 0.329 e. The van der Waals surface area contributed by atoms with E-state index in [1.807, 2.05) is 32.0 Å². The Bertz CT molecular complexity index is 908. The summed E-state index contributed by atoms with van der Waals surface area (Å²) in [6.45, 7) is 3.88. The Morgan fingerprint density at radius 2 is 2.07 bits per heavy atom. The first-order valence-corrected chi connectivity index (χ1v) is 9.52. The van der Waals surface area contributed by atoms with Crippen LogP contribution in [-0.2, 0) is 28.0 Å². The molecule has 0 bridgehead atoms. The van der Waals surface area contributed by atoms with Gasteiger partial charge in [0.2, 0.25) is 0 Å². The van der Waals surface area contributed by atoms with Crippen molar-refractivity contribution < 1.29 is 14.3 Å². The minimum Gasteiger partial charge on any atom is -0.453 e. The van der Waals surface area contributed by atoms with Gasteiger partial charge in [0.1, 0.15) is 17.5 Å². The summed E-state index contributed by atoms with van der Waals surface area (Å²) in [4.78, 5) is 28.7. The number of rotatable bonds is 4. The zero-order valence-corrected chi connectivity index (χ0v) is 15.7. The van der Waals surface area contributed by atoms with Gasteiger partial charge in [-0.2, -0.15) is 0 Å². The number of carbonyl (C=O) groups excluding carboxylic acids is 2. The summed E-state index contributed by atoms with van der Waals surface area (Å²) in [5.74, 6) is 0.345. The van der Waals surface area contributed by atoms with Crippen LogP contribution in [0.5, 0.6) is 0 Å². The molecule has 27 heavy (non-hydrogen) atoms. The molecule has 2 aromatic rings. The fourth-order valence-electron chi connectivity index (χ4n) is 4.33. The number of aldehydes is 1. The lowest BCUT2D eigenvalue weighted by atomic mass is 9.80. The Labute approximate surface area is 159 Å². The van der Waals surface area contributed by atoms with Crippen LogP contribution in [0.1, 0.15) is 58.8 Å². The van der Waals surface area contributed by atoms with E-state index in [4.69, 9.17) is 4.74 Å². The number of hydrogen-bond acceptors (Lipinski definition) is 5. The van der Waals surface area contributed by atoms with Crippen molar-refractivity contribution in [3.63, 3.8) is 0 Å². The molecule has 0 saturated carbocycles. The first-order valence-electron chi connectivity index (χ1n) is 9.52. The number of nitrogens with one attached hydrogen (secondary N) is 1. The Hall–Kier alpha value is -2.69. The molecule has 2 unspecified atom stereocenters. The summed E-state index contributed by atoms with van der Waals surface area (Å²) in [7, 11) is 0. The van der Waals surface area contributed by atoms with Crippen LogP contribution in [0.25, 0.3) is 0 Å². The first kappa shape index (κ1) is 17.7. The lowest BCUT2D eigenvalue weighted by molar-refractivity contribution is -0.148. The molecule has 1 fully saturated rings. The average molecular weight is 364 g/mol. The second-order valence-electron chi connectivity index (χ2n) is 7.76. The summed E-state index contributed by atoms with van der Waals surface area (Å²) in [6, 6.07) is 7.39. The third-order valence-electron chi connectivity index (χ3n) is 5.71. The van der Waals surface area contributed by atoms with E-state index in [2.05, 4.69) is 16.4 Å². The highest BCUT2D eigenvalue weighted by molar-refractivity contribution is 5.85. The number of esters is 1. The van der Waals surface area contributed by atoms with Crippen LogP contribution >= 0.6 is 0 Å². The highest BCUT2D eigenvalue weighted by Gasteiger charge is 2.46. The van der Waals surface area contributed by atoms with E-state index in [0.717, 1.165) is 48.7 Å². The molecule has 1 saturated heterocycles. The molecule has 1 N–H and O–H groups in total. The number of cyclic esters (lactones) is 1. The standard InChI is InChI=1S/C22H24N2O3/c1-14-9-10-23-20(11-14)24-19-12-22(2,27-21(19)26)18-8-7-15-5-3-4-6-16(15)17(18)13-25/h7-11,13,19H,3-6,12H2,1-2H3,(H,23,24). The van der Waals surface area contributed by atoms with Gasteiger partial charge in [0.15, 0.2) is 6.29 Å². The number of benzene rings is 1. The van der Waals surface area contributed by atoms with Gasteiger partial charge in [-0.1, -0.05) is 12.1 Å². The van der Waals surface area contributed by atoms with Gasteiger partial charge >= 0.3 is 5.97 Å². The van der Waals surface area contributed by atoms with Gasteiger partial charge in [-0.25, -0.2) is 9.78 Å². The Kier molecular flexibility index (Phi) is 4.46. The van der Waals surface area contributed by atoms with Gasteiger partial charge in [0.25, 0.3) is 0 Å². The molecule has 2 heterocycles. The lowest BCUT2D eigenvalue weighted by Crippen LogP contribution is -2.26. The molecule has 0 amide bonds. The van der Waals surface area contributed by atoms with Crippen LogP contribution in [0, 0.1) is 6.92 Å². The Morgan fingerprint density at radius 3 is 2.85 bits per heavy atom. The Balaban J connectivity index is 1.64. The zero-order chi connectivity index (χ0) is 19.0. The van der Waals surface area contributed by atoms with Crippen molar-refractivity contribution in [1.29, 1.82) is 0 Å². The predicted octanol–water partition coefficient (Wildman–Crippen LogP) is 3.72. The van der Waals surface area contributed by atoms with E-state index < -0.39 is 11.6 Å². The van der Waals surface area contributed by atoms with Crippen LogP contribution in [0.4, 0.5) is 5.82 Å². The van der Waals surface area contributed by atoms with Crippen LogP contribution in [0.15, 0.2) is 30.5 Å². The van der Waals surface area contributed by atoms with E-state index in [-0.39, 0.29) is 5.97 Å². The monoisotopic (exact) mass is 364 g/mol. The second kappa shape index (κ2) is 6.80. The summed E-state index contributed by atoms with van der Waals surface area (Å²) in [5.41, 5.74) is 4.15. The first-order chi connectivity index (χ1) is 13.0. The smallest absolute Gasteiger partial charge is 0.329 e. The highest BCUT2D eigenvalue weighted by Crippen LogP contribution is 2.41. The normalized spacial score (nSPS) is 24.2. The molecule has 4 rings (SSSR count). The quantitative estimate of drug-likeness (QED) is 0.661. The van der Waals surface area contributed by atoms with Crippen LogP contribution in [0.3, 0.4) is 0 Å². The summed E-state index contributed by atoms with van der Waals surface area (Å²) in [6.07, 6.45) is 7.28. The van der Waals surface area contributed by atoms with E-state index in [1.54, 1.807) is 6.20 Å². The Morgan fingerprint density at radius 1 is 1.26 bits per heavy atom. The number of nitrogens with zero attached hydrogens (tertiary/aromatic N) is 1. The summed E-state index contributed by atoms with van der Waals surface area (Å²) >= 11 is 0. The molecule has 5 heteroatoms. The third kappa shape index (κ3) is 3.22. The van der Waals surface area contributed by atoms with Gasteiger partial charge in [-0.05, 0) is 68.4 Å². The van der Waals surface area contributed by atoms with E-state index in [0.29, 0.717) is 17.8 Å². The van der Waals surface area contributed by atoms with Crippen molar-refractivity contribution in [2.24, 2.45) is 0 Å². The molecular weight excluding hydrogens is 340 g/mol. The third-order valence-corrected chi connectivity index (χ3v) is 5.71. The van der Waals surface area contributed by atoms with Crippen LogP contribution in [-0.4, -0.2) is 23.3 Å². The molecule has 140 valence electrons. The predicted molar refractivity (Wildman–Crippen MR) is 103 cm³/mol. The van der Waals surface area contributed by atoms with Gasteiger partial charge in [-0.3, -0.25) is 4.79 Å². The van der Waals surface area contributed by atoms with Gasteiger partial charge < -0.3 is 10.1 Å². The number of pyridine rings is 1. The number of aromatic nitrogens is 1. The molecule has 1 aromatic heterocycles. The summed E-state index contributed by atoms with van der Waals surface area (Å²) in [5, 5.41) is 3.18. The van der Waals surface area contributed by atoms with Gasteiger partial charge in [0.05, 0.1) is 0 Å². The number of fused-ring (bicyclic) bond motifs is 1. The fraction of sp³-hybridized carbons (Fsp3) is 0.409. The highest BCUT2D eigenvalue weighted by atomic mass is 16.6. The van der Waals surface area contributed by atoms with Crippen LogP contribution in [0.2, 0.25) is 0 Å². The molecule has 1 aromatic carbocycles. The molecule has 1 aliphatic heterocycles. The van der Waals surface area contributed by atoms with Crippen LogP contribution < -0.4 is 5.32 Å². The number of hydrogen-bond donors (Lipinski definition) is 1. The minimum absolute atomic E-state index is 0.310. The number of anilines is 1. The SMILES string of the molecule is Cc1ccnc(NC2CC(C)(c3ccc4c(c3C=O)CCCC4)OC2=O)c1. The topological polar surface area (TPSA) is 68.3 Å². The average Bonchev–Trinajstić information content (AvgIpc) is 2.95. The van der Waals surface area contributed by atoms with Crippen molar-refractivity contribution in [3.05, 3.63) is 58.3 Å². The number of carbonyl (C=O) groups is 2. The van der Waals surface area contributed by atoms with Crippen molar-refractivity contribution >= 4 is 18.1 Å². The minimum atomic E-state index is -0.818. The fourth-order valence-corrected chi connectivity index (χ4v) is 4.33. The van der Waals surface area contributed by atoms with E-state index in [9.17, 15) is 9.59 Å². The molecule has 1 aliphatic carbocycles. The second-order valence-corrected chi connectivity index (χ2v) is 7.76. The lowest BCUT2D eigenvalue weighted by Gasteiger charge is -2.28. The largest absolute Gasteiger partial charge is 0.453 e. The molecule has 2 atom stereocenters. The van der Waals surface area contributed by atoms with E-state index in [1.165, 1.54) is 5.56 Å². The summed E-state index contributed by atoms with van der Waals surface area (Å²) < 4.78 is 5.80. The van der Waals surface area contributed by atoms with Crippen molar-refractivity contribution in [3.8, 4) is 0 Å². The van der Waals surface area contributed by atoms with Crippen molar-refractivity contribution in [2.75, 3.05) is 5.32 Å². The number of aryl methyl sites for hydroxylation is 2. The maximum atomic E-state index is 12.5. The molecule has 0 spiro atoms. The van der Waals surface area contributed by atoms with Crippen molar-refractivity contribution in [1.82, 2.24) is 4.98 Å². The van der Waals surface area contributed by atoms with Gasteiger partial charge in [0, 0.05) is 23.7 Å². The maximum absolute atomic E-state index is 12.5. The zero-order valence-electron chi connectivity index (χ0n) is 15.7. The molecule has 2 aliphatic rings. The molecular formula is C22H24N2O3.